The molecule has 1 N–H and O–H groups in total. The van der Waals surface area contributed by atoms with Crippen LogP contribution in [0, 0.1) is 20.8 Å². The SMILES string of the molecule is CC[C@@H](Cn1ccc2ccc(C(=O)OC)cc21)NS(=O)(=O)c1c(C)cc(C)cc1C. The number of carbonyl (C=O) groups is 1. The molecule has 0 aliphatic carbocycles. The highest BCUT2D eigenvalue weighted by Gasteiger charge is 2.23. The Kier molecular flexibility index (Phi) is 6.33. The number of esters is 1. The summed E-state index contributed by atoms with van der Waals surface area (Å²) in [6, 6.07) is 10.8. The third-order valence-corrected chi connectivity index (χ3v) is 7.13. The van der Waals surface area contributed by atoms with Crippen molar-refractivity contribution in [1.29, 1.82) is 0 Å². The van der Waals surface area contributed by atoms with Gasteiger partial charge in [0.15, 0.2) is 0 Å². The molecule has 1 aromatic heterocycles. The zero-order valence-electron chi connectivity index (χ0n) is 18.0. The smallest absolute Gasteiger partial charge is 0.337 e. The zero-order valence-corrected chi connectivity index (χ0v) is 18.8. The average molecular weight is 429 g/mol. The van der Waals surface area contributed by atoms with Gasteiger partial charge in [-0.05, 0) is 61.9 Å². The maximum atomic E-state index is 13.1. The number of nitrogens with zero attached hydrogens (tertiary/aromatic N) is 1. The number of aromatic nitrogens is 1. The minimum absolute atomic E-state index is 0.299. The van der Waals surface area contributed by atoms with E-state index in [1.54, 1.807) is 12.1 Å². The second kappa shape index (κ2) is 8.62. The number of sulfonamides is 1. The second-order valence-electron chi connectivity index (χ2n) is 7.69. The Hall–Kier alpha value is -2.64. The number of rotatable bonds is 7. The van der Waals surface area contributed by atoms with E-state index in [0.717, 1.165) is 27.6 Å². The Morgan fingerprint density at radius 1 is 1.10 bits per heavy atom. The minimum atomic E-state index is -3.67. The predicted octanol–water partition coefficient (Wildman–Crippen LogP) is 4.11. The highest BCUT2D eigenvalue weighted by atomic mass is 32.2. The summed E-state index contributed by atoms with van der Waals surface area (Å²) in [4.78, 5) is 12.2. The Labute approximate surface area is 177 Å². The molecule has 0 aliphatic heterocycles. The van der Waals surface area contributed by atoms with Crippen molar-refractivity contribution in [3.05, 3.63) is 64.8 Å². The van der Waals surface area contributed by atoms with Gasteiger partial charge in [-0.25, -0.2) is 17.9 Å². The van der Waals surface area contributed by atoms with Crippen molar-refractivity contribution in [2.75, 3.05) is 7.11 Å². The Morgan fingerprint density at radius 3 is 2.37 bits per heavy atom. The lowest BCUT2D eigenvalue weighted by Crippen LogP contribution is -2.38. The summed E-state index contributed by atoms with van der Waals surface area (Å²) in [6.07, 6.45) is 2.53. The van der Waals surface area contributed by atoms with Crippen molar-refractivity contribution in [1.82, 2.24) is 9.29 Å². The number of hydrogen-bond donors (Lipinski definition) is 1. The molecule has 0 amide bonds. The van der Waals surface area contributed by atoms with E-state index in [1.807, 2.05) is 62.7 Å². The minimum Gasteiger partial charge on any atom is -0.465 e. The molecule has 0 saturated heterocycles. The van der Waals surface area contributed by atoms with Gasteiger partial charge in [-0.3, -0.25) is 0 Å². The lowest BCUT2D eigenvalue weighted by atomic mass is 10.1. The first-order chi connectivity index (χ1) is 14.2. The predicted molar refractivity (Wildman–Crippen MR) is 118 cm³/mol. The summed E-state index contributed by atoms with van der Waals surface area (Å²) in [5.41, 5.74) is 3.84. The van der Waals surface area contributed by atoms with E-state index in [-0.39, 0.29) is 6.04 Å². The highest BCUT2D eigenvalue weighted by Crippen LogP contribution is 2.23. The fourth-order valence-corrected chi connectivity index (χ4v) is 5.71. The maximum absolute atomic E-state index is 13.1. The Balaban J connectivity index is 1.90. The van der Waals surface area contributed by atoms with Crippen molar-refractivity contribution >= 4 is 26.9 Å². The van der Waals surface area contributed by atoms with Crippen LogP contribution in [0.1, 0.15) is 40.4 Å². The van der Waals surface area contributed by atoms with Crippen LogP contribution in [0.15, 0.2) is 47.5 Å². The zero-order chi connectivity index (χ0) is 22.1. The summed E-state index contributed by atoms with van der Waals surface area (Å²) in [5, 5.41) is 0.977. The molecule has 0 bridgehead atoms. The number of aryl methyl sites for hydroxylation is 3. The number of ether oxygens (including phenoxy) is 1. The van der Waals surface area contributed by atoms with E-state index in [1.165, 1.54) is 7.11 Å². The standard InChI is InChI=1S/C23H28N2O4S/c1-6-20(24-30(27,28)22-16(3)11-15(2)12-17(22)4)14-25-10-9-18-7-8-19(13-21(18)25)23(26)29-5/h7-13,20,24H,6,14H2,1-5H3/t20-/m0/s1. The van der Waals surface area contributed by atoms with E-state index in [2.05, 4.69) is 4.72 Å². The molecule has 0 fully saturated rings. The summed E-state index contributed by atoms with van der Waals surface area (Å²) >= 11 is 0. The third kappa shape index (κ3) is 4.42. The molecular formula is C23H28N2O4S. The van der Waals surface area contributed by atoms with Gasteiger partial charge in [0.2, 0.25) is 10.0 Å². The highest BCUT2D eigenvalue weighted by molar-refractivity contribution is 7.89. The van der Waals surface area contributed by atoms with Crippen LogP contribution in [0.4, 0.5) is 0 Å². The monoisotopic (exact) mass is 428 g/mol. The number of fused-ring (bicyclic) bond motifs is 1. The molecule has 160 valence electrons. The van der Waals surface area contributed by atoms with Crippen molar-refractivity contribution in [3.63, 3.8) is 0 Å². The van der Waals surface area contributed by atoms with Crippen LogP contribution < -0.4 is 4.72 Å². The Morgan fingerprint density at radius 2 is 1.77 bits per heavy atom. The molecule has 0 unspecified atom stereocenters. The number of methoxy groups -OCH3 is 1. The van der Waals surface area contributed by atoms with Gasteiger partial charge in [0.05, 0.1) is 17.6 Å². The van der Waals surface area contributed by atoms with Gasteiger partial charge in [0.25, 0.3) is 0 Å². The molecule has 0 spiro atoms. The van der Waals surface area contributed by atoms with Gasteiger partial charge in [-0.1, -0.05) is 30.7 Å². The van der Waals surface area contributed by atoms with E-state index >= 15 is 0 Å². The van der Waals surface area contributed by atoms with Crippen LogP contribution in [0.2, 0.25) is 0 Å². The van der Waals surface area contributed by atoms with E-state index in [9.17, 15) is 13.2 Å². The molecule has 6 nitrogen and oxygen atoms in total. The number of nitrogens with one attached hydrogen (secondary N) is 1. The molecule has 1 atom stereocenters. The molecular weight excluding hydrogens is 400 g/mol. The second-order valence-corrected chi connectivity index (χ2v) is 9.34. The molecule has 0 aliphatic rings. The van der Waals surface area contributed by atoms with Gasteiger partial charge < -0.3 is 9.30 Å². The summed E-state index contributed by atoms with van der Waals surface area (Å²) in [5.74, 6) is -0.400. The van der Waals surface area contributed by atoms with Crippen LogP contribution in [0.3, 0.4) is 0 Å². The number of hydrogen-bond acceptors (Lipinski definition) is 4. The first kappa shape index (κ1) is 22.1. The van der Waals surface area contributed by atoms with Crippen LogP contribution in [0.5, 0.6) is 0 Å². The molecule has 7 heteroatoms. The number of carbonyl (C=O) groups excluding carboxylic acids is 1. The molecule has 3 aromatic rings. The fourth-order valence-electron chi connectivity index (χ4n) is 3.94. The summed E-state index contributed by atoms with van der Waals surface area (Å²) in [6.45, 7) is 8.01. The number of benzene rings is 2. The van der Waals surface area contributed by atoms with Crippen molar-refractivity contribution in [2.24, 2.45) is 0 Å². The molecule has 3 rings (SSSR count). The first-order valence-electron chi connectivity index (χ1n) is 9.93. The molecule has 0 radical (unpaired) electrons. The van der Waals surface area contributed by atoms with E-state index in [0.29, 0.717) is 23.4 Å². The van der Waals surface area contributed by atoms with Gasteiger partial charge in [-0.15, -0.1) is 0 Å². The quantitative estimate of drug-likeness (QED) is 0.575. The third-order valence-electron chi connectivity index (χ3n) is 5.30. The van der Waals surface area contributed by atoms with Crippen molar-refractivity contribution in [2.45, 2.75) is 51.6 Å². The van der Waals surface area contributed by atoms with Crippen LogP contribution in [-0.4, -0.2) is 32.1 Å². The lowest BCUT2D eigenvalue weighted by molar-refractivity contribution is 0.0601. The van der Waals surface area contributed by atoms with Gasteiger partial charge >= 0.3 is 5.97 Å². The normalized spacial score (nSPS) is 12.8. The van der Waals surface area contributed by atoms with Crippen LogP contribution in [0.25, 0.3) is 10.9 Å². The fraction of sp³-hybridized carbons (Fsp3) is 0.348. The molecule has 2 aromatic carbocycles. The van der Waals surface area contributed by atoms with Crippen molar-refractivity contribution in [3.8, 4) is 0 Å². The van der Waals surface area contributed by atoms with Crippen LogP contribution in [-0.2, 0) is 21.3 Å². The van der Waals surface area contributed by atoms with Crippen molar-refractivity contribution < 1.29 is 17.9 Å². The van der Waals surface area contributed by atoms with E-state index < -0.39 is 16.0 Å². The van der Waals surface area contributed by atoms with Gasteiger partial charge in [0.1, 0.15) is 0 Å². The Bertz CT molecular complexity index is 1170. The maximum Gasteiger partial charge on any atom is 0.337 e. The molecule has 30 heavy (non-hydrogen) atoms. The van der Waals surface area contributed by atoms with Crippen LogP contribution >= 0.6 is 0 Å². The summed E-state index contributed by atoms with van der Waals surface area (Å²) in [7, 11) is -2.32. The largest absolute Gasteiger partial charge is 0.465 e. The van der Waals surface area contributed by atoms with Gasteiger partial charge in [-0.2, -0.15) is 0 Å². The first-order valence-corrected chi connectivity index (χ1v) is 11.4. The average Bonchev–Trinajstić information content (AvgIpc) is 3.07. The lowest BCUT2D eigenvalue weighted by Gasteiger charge is -2.20. The topological polar surface area (TPSA) is 77.4 Å². The molecule has 0 saturated carbocycles. The van der Waals surface area contributed by atoms with E-state index in [4.69, 9.17) is 4.74 Å². The van der Waals surface area contributed by atoms with Gasteiger partial charge in [0, 0.05) is 24.3 Å². The summed E-state index contributed by atoms with van der Waals surface area (Å²) < 4.78 is 35.9. The molecule has 1 heterocycles.